The van der Waals surface area contributed by atoms with Crippen molar-refractivity contribution in [2.75, 3.05) is 7.11 Å². The smallest absolute Gasteiger partial charge is 0.322 e. The molecule has 0 aliphatic carbocycles. The van der Waals surface area contributed by atoms with Crippen LogP contribution in [-0.2, 0) is 22.6 Å². The van der Waals surface area contributed by atoms with Gasteiger partial charge in [0.05, 0.1) is 7.11 Å². The number of benzene rings is 2. The number of nitrogens with two attached hydrogens (primary N) is 1. The SMILES string of the molecule is COC(=O)C(N)Cc1cccc(OCc2ccccc2)c1. The van der Waals surface area contributed by atoms with Crippen LogP contribution in [0.5, 0.6) is 5.75 Å². The lowest BCUT2D eigenvalue weighted by Crippen LogP contribution is -2.33. The molecule has 110 valence electrons. The number of esters is 1. The molecule has 2 rings (SSSR count). The first kappa shape index (κ1) is 15.1. The average molecular weight is 285 g/mol. The fourth-order valence-electron chi connectivity index (χ4n) is 1.99. The monoisotopic (exact) mass is 285 g/mol. The number of ether oxygens (including phenoxy) is 2. The van der Waals surface area contributed by atoms with Crippen LogP contribution in [0.2, 0.25) is 0 Å². The Morgan fingerprint density at radius 1 is 1.10 bits per heavy atom. The lowest BCUT2D eigenvalue weighted by Gasteiger charge is -2.11. The minimum absolute atomic E-state index is 0.411. The Hall–Kier alpha value is -2.33. The molecular weight excluding hydrogens is 266 g/mol. The first-order valence-corrected chi connectivity index (χ1v) is 6.78. The third-order valence-electron chi connectivity index (χ3n) is 3.11. The number of rotatable bonds is 6. The summed E-state index contributed by atoms with van der Waals surface area (Å²) < 4.78 is 10.4. The van der Waals surface area contributed by atoms with Crippen molar-refractivity contribution >= 4 is 5.97 Å². The van der Waals surface area contributed by atoms with E-state index in [0.29, 0.717) is 13.0 Å². The summed E-state index contributed by atoms with van der Waals surface area (Å²) in [5.41, 5.74) is 7.81. The van der Waals surface area contributed by atoms with Crippen molar-refractivity contribution in [1.29, 1.82) is 0 Å². The molecule has 21 heavy (non-hydrogen) atoms. The maximum absolute atomic E-state index is 11.3. The molecule has 1 unspecified atom stereocenters. The molecule has 0 amide bonds. The van der Waals surface area contributed by atoms with Crippen molar-refractivity contribution in [3.63, 3.8) is 0 Å². The first-order chi connectivity index (χ1) is 10.2. The van der Waals surface area contributed by atoms with Crippen molar-refractivity contribution in [2.45, 2.75) is 19.1 Å². The quantitative estimate of drug-likeness (QED) is 0.827. The van der Waals surface area contributed by atoms with Gasteiger partial charge in [0.15, 0.2) is 0 Å². The molecule has 0 aromatic heterocycles. The van der Waals surface area contributed by atoms with Crippen LogP contribution in [-0.4, -0.2) is 19.1 Å². The normalized spacial score (nSPS) is 11.7. The van der Waals surface area contributed by atoms with Crippen LogP contribution in [0.25, 0.3) is 0 Å². The highest BCUT2D eigenvalue weighted by Crippen LogP contribution is 2.16. The molecule has 2 aromatic rings. The van der Waals surface area contributed by atoms with Crippen LogP contribution in [0.1, 0.15) is 11.1 Å². The number of methoxy groups -OCH3 is 1. The zero-order valence-corrected chi connectivity index (χ0v) is 12.0. The van der Waals surface area contributed by atoms with E-state index in [0.717, 1.165) is 16.9 Å². The minimum Gasteiger partial charge on any atom is -0.489 e. The standard InChI is InChI=1S/C17H19NO3/c1-20-17(19)16(18)11-14-8-5-9-15(10-14)21-12-13-6-3-2-4-7-13/h2-10,16H,11-12,18H2,1H3. The highest BCUT2D eigenvalue weighted by Gasteiger charge is 2.14. The maximum atomic E-state index is 11.3. The highest BCUT2D eigenvalue weighted by atomic mass is 16.5. The predicted octanol–water partition coefficient (Wildman–Crippen LogP) is 2.31. The van der Waals surface area contributed by atoms with Crippen LogP contribution >= 0.6 is 0 Å². The summed E-state index contributed by atoms with van der Waals surface area (Å²) in [7, 11) is 1.33. The minimum atomic E-state index is -0.653. The van der Waals surface area contributed by atoms with Crippen LogP contribution in [0.3, 0.4) is 0 Å². The molecule has 0 bridgehead atoms. The topological polar surface area (TPSA) is 61.5 Å². The first-order valence-electron chi connectivity index (χ1n) is 6.78. The van der Waals surface area contributed by atoms with Crippen LogP contribution < -0.4 is 10.5 Å². The molecule has 2 N–H and O–H groups in total. The van der Waals surface area contributed by atoms with Gasteiger partial charge in [0, 0.05) is 0 Å². The Morgan fingerprint density at radius 2 is 1.81 bits per heavy atom. The zero-order valence-electron chi connectivity index (χ0n) is 12.0. The van der Waals surface area contributed by atoms with Crippen LogP contribution in [0, 0.1) is 0 Å². The van der Waals surface area contributed by atoms with Crippen molar-refractivity contribution in [3.8, 4) is 5.75 Å². The van der Waals surface area contributed by atoms with Crippen molar-refractivity contribution in [1.82, 2.24) is 0 Å². The van der Waals surface area contributed by atoms with Crippen molar-refractivity contribution in [2.24, 2.45) is 5.73 Å². The Bertz CT molecular complexity index is 584. The summed E-state index contributed by atoms with van der Waals surface area (Å²) in [6, 6.07) is 16.9. The van der Waals surface area contributed by atoms with E-state index < -0.39 is 12.0 Å². The summed E-state index contributed by atoms with van der Waals surface area (Å²) >= 11 is 0. The van der Waals surface area contributed by atoms with Gasteiger partial charge in [0.25, 0.3) is 0 Å². The van der Waals surface area contributed by atoms with Gasteiger partial charge in [-0.2, -0.15) is 0 Å². The molecular formula is C17H19NO3. The van der Waals surface area contributed by atoms with Crippen molar-refractivity contribution < 1.29 is 14.3 Å². The van der Waals surface area contributed by atoms with E-state index in [-0.39, 0.29) is 0 Å². The second kappa shape index (κ2) is 7.45. The fraction of sp³-hybridized carbons (Fsp3) is 0.235. The molecule has 0 heterocycles. The second-order valence-corrected chi connectivity index (χ2v) is 4.76. The van der Waals surface area contributed by atoms with Gasteiger partial charge in [0.2, 0.25) is 0 Å². The van der Waals surface area contributed by atoms with Gasteiger partial charge < -0.3 is 15.2 Å². The molecule has 2 aromatic carbocycles. The molecule has 0 saturated heterocycles. The van der Waals surface area contributed by atoms with Gasteiger partial charge in [-0.15, -0.1) is 0 Å². The summed E-state index contributed by atoms with van der Waals surface area (Å²) in [5, 5.41) is 0. The molecule has 0 radical (unpaired) electrons. The Kier molecular flexibility index (Phi) is 5.35. The van der Waals surface area contributed by atoms with Gasteiger partial charge in [0.1, 0.15) is 18.4 Å². The van der Waals surface area contributed by atoms with E-state index in [4.69, 9.17) is 10.5 Å². The van der Waals surface area contributed by atoms with Crippen LogP contribution in [0.4, 0.5) is 0 Å². The third-order valence-corrected chi connectivity index (χ3v) is 3.11. The number of carbonyl (C=O) groups excluding carboxylic acids is 1. The van der Waals surface area contributed by atoms with Crippen molar-refractivity contribution in [3.05, 3.63) is 65.7 Å². The zero-order chi connectivity index (χ0) is 15.1. The van der Waals surface area contributed by atoms with E-state index in [9.17, 15) is 4.79 Å². The summed E-state index contributed by atoms with van der Waals surface area (Å²) in [5.74, 6) is 0.346. The van der Waals surface area contributed by atoms with Gasteiger partial charge in [-0.05, 0) is 29.7 Å². The maximum Gasteiger partial charge on any atom is 0.322 e. The van der Waals surface area contributed by atoms with Gasteiger partial charge in [-0.25, -0.2) is 0 Å². The van der Waals surface area contributed by atoms with E-state index in [1.165, 1.54) is 7.11 Å². The third kappa shape index (κ3) is 4.61. The van der Waals surface area contributed by atoms with E-state index in [1.54, 1.807) is 0 Å². The molecule has 4 nitrogen and oxygen atoms in total. The lowest BCUT2D eigenvalue weighted by atomic mass is 10.1. The Labute approximate surface area is 124 Å². The van der Waals surface area contributed by atoms with Crippen LogP contribution in [0.15, 0.2) is 54.6 Å². The molecule has 0 fully saturated rings. The molecule has 0 spiro atoms. The van der Waals surface area contributed by atoms with Gasteiger partial charge in [-0.3, -0.25) is 4.79 Å². The van der Waals surface area contributed by atoms with E-state index in [1.807, 2.05) is 54.6 Å². The molecule has 4 heteroatoms. The average Bonchev–Trinajstić information content (AvgIpc) is 2.53. The molecule has 1 atom stereocenters. The largest absolute Gasteiger partial charge is 0.489 e. The second-order valence-electron chi connectivity index (χ2n) is 4.76. The Balaban J connectivity index is 1.96. The molecule has 0 aliphatic rings. The number of hydrogen-bond acceptors (Lipinski definition) is 4. The Morgan fingerprint density at radius 3 is 2.52 bits per heavy atom. The van der Waals surface area contributed by atoms with Gasteiger partial charge >= 0.3 is 5.97 Å². The number of hydrogen-bond donors (Lipinski definition) is 1. The van der Waals surface area contributed by atoms with E-state index >= 15 is 0 Å². The van der Waals surface area contributed by atoms with E-state index in [2.05, 4.69) is 4.74 Å². The molecule has 0 aliphatic heterocycles. The predicted molar refractivity (Wildman–Crippen MR) is 80.9 cm³/mol. The molecule has 0 saturated carbocycles. The summed E-state index contributed by atoms with van der Waals surface area (Å²) in [6.07, 6.45) is 0.426. The highest BCUT2D eigenvalue weighted by molar-refractivity contribution is 5.75. The van der Waals surface area contributed by atoms with Gasteiger partial charge in [-0.1, -0.05) is 42.5 Å². The number of carbonyl (C=O) groups is 1. The fourth-order valence-corrected chi connectivity index (χ4v) is 1.99. The summed E-state index contributed by atoms with van der Waals surface area (Å²) in [4.78, 5) is 11.3. The summed E-state index contributed by atoms with van der Waals surface area (Å²) in [6.45, 7) is 0.507. The lowest BCUT2D eigenvalue weighted by molar-refractivity contribution is -0.142.